The summed E-state index contributed by atoms with van der Waals surface area (Å²) >= 11 is 0. The van der Waals surface area contributed by atoms with Crippen molar-refractivity contribution < 1.29 is 4.74 Å². The van der Waals surface area contributed by atoms with Crippen LogP contribution in [0.2, 0.25) is 0 Å². The van der Waals surface area contributed by atoms with Gasteiger partial charge in [0, 0.05) is 5.56 Å². The Balaban J connectivity index is 2.52. The molecule has 0 radical (unpaired) electrons. The van der Waals surface area contributed by atoms with Crippen LogP contribution in [0.25, 0.3) is 10.8 Å². The quantitative estimate of drug-likeness (QED) is 0.869. The summed E-state index contributed by atoms with van der Waals surface area (Å²) < 4.78 is 5.43. The van der Waals surface area contributed by atoms with E-state index in [1.807, 2.05) is 30.3 Å². The lowest BCUT2D eigenvalue weighted by Gasteiger charge is -2.11. The summed E-state index contributed by atoms with van der Waals surface area (Å²) in [4.78, 5) is 0. The van der Waals surface area contributed by atoms with Crippen molar-refractivity contribution in [1.82, 2.24) is 0 Å². The molecule has 0 amide bonds. The SMILES string of the molecule is N#CCOc1ccc2ccccc2c1CCN. The molecule has 0 fully saturated rings. The van der Waals surface area contributed by atoms with Crippen LogP contribution in [0.4, 0.5) is 0 Å². The van der Waals surface area contributed by atoms with E-state index in [-0.39, 0.29) is 6.61 Å². The number of benzene rings is 2. The van der Waals surface area contributed by atoms with Crippen molar-refractivity contribution in [2.75, 3.05) is 13.2 Å². The second-order valence-electron chi connectivity index (χ2n) is 3.75. The lowest BCUT2D eigenvalue weighted by Crippen LogP contribution is -2.06. The normalized spacial score (nSPS) is 10.1. The zero-order chi connectivity index (χ0) is 12.1. The van der Waals surface area contributed by atoms with Crippen LogP contribution in [0.3, 0.4) is 0 Å². The molecule has 0 saturated carbocycles. The van der Waals surface area contributed by atoms with Gasteiger partial charge in [-0.15, -0.1) is 0 Å². The number of hydrogen-bond acceptors (Lipinski definition) is 3. The van der Waals surface area contributed by atoms with Crippen molar-refractivity contribution in [2.45, 2.75) is 6.42 Å². The topological polar surface area (TPSA) is 59.0 Å². The van der Waals surface area contributed by atoms with Crippen LogP contribution in [-0.2, 0) is 6.42 Å². The predicted octanol–water partition coefficient (Wildman–Crippen LogP) is 2.24. The van der Waals surface area contributed by atoms with E-state index in [2.05, 4.69) is 12.1 Å². The molecule has 0 atom stereocenters. The standard InChI is InChI=1S/C14H14N2O/c15-8-7-13-12-4-2-1-3-11(12)5-6-14(13)17-10-9-16/h1-6H,7-8,10,15H2. The van der Waals surface area contributed by atoms with Crippen molar-refractivity contribution >= 4 is 10.8 Å². The lowest BCUT2D eigenvalue weighted by atomic mass is 10.0. The number of rotatable bonds is 4. The largest absolute Gasteiger partial charge is 0.478 e. The Labute approximate surface area is 100 Å². The van der Waals surface area contributed by atoms with Gasteiger partial charge in [0.15, 0.2) is 6.61 Å². The van der Waals surface area contributed by atoms with E-state index < -0.39 is 0 Å². The van der Waals surface area contributed by atoms with Gasteiger partial charge in [0.25, 0.3) is 0 Å². The molecule has 0 aliphatic carbocycles. The summed E-state index contributed by atoms with van der Waals surface area (Å²) in [5.74, 6) is 0.760. The Morgan fingerprint density at radius 1 is 1.18 bits per heavy atom. The molecular weight excluding hydrogens is 212 g/mol. The van der Waals surface area contributed by atoms with E-state index in [1.165, 1.54) is 5.39 Å². The molecule has 0 aliphatic heterocycles. The first-order valence-corrected chi connectivity index (χ1v) is 5.57. The van der Waals surface area contributed by atoms with Gasteiger partial charge in [-0.25, -0.2) is 0 Å². The third kappa shape index (κ3) is 2.38. The van der Waals surface area contributed by atoms with E-state index in [9.17, 15) is 0 Å². The van der Waals surface area contributed by atoms with Crippen molar-refractivity contribution in [2.24, 2.45) is 5.73 Å². The maximum atomic E-state index is 8.56. The average molecular weight is 226 g/mol. The van der Waals surface area contributed by atoms with Gasteiger partial charge in [-0.3, -0.25) is 0 Å². The summed E-state index contributed by atoms with van der Waals surface area (Å²) in [7, 11) is 0. The predicted molar refractivity (Wildman–Crippen MR) is 67.8 cm³/mol. The first-order chi connectivity index (χ1) is 8.36. The molecule has 17 heavy (non-hydrogen) atoms. The van der Waals surface area contributed by atoms with Gasteiger partial charge in [0.2, 0.25) is 0 Å². The average Bonchev–Trinajstić information content (AvgIpc) is 2.38. The van der Waals surface area contributed by atoms with Gasteiger partial charge in [0.05, 0.1) is 0 Å². The van der Waals surface area contributed by atoms with Crippen LogP contribution in [-0.4, -0.2) is 13.2 Å². The number of fused-ring (bicyclic) bond motifs is 1. The van der Waals surface area contributed by atoms with E-state index in [0.29, 0.717) is 6.54 Å². The molecule has 0 spiro atoms. The third-order valence-electron chi connectivity index (χ3n) is 2.68. The summed E-state index contributed by atoms with van der Waals surface area (Å²) in [6, 6.07) is 14.0. The van der Waals surface area contributed by atoms with Crippen LogP contribution in [0.15, 0.2) is 36.4 Å². The first-order valence-electron chi connectivity index (χ1n) is 5.57. The zero-order valence-corrected chi connectivity index (χ0v) is 9.52. The molecule has 0 saturated heterocycles. The van der Waals surface area contributed by atoms with Gasteiger partial charge in [-0.05, 0) is 29.8 Å². The summed E-state index contributed by atoms with van der Waals surface area (Å²) in [5.41, 5.74) is 6.71. The molecule has 0 unspecified atom stereocenters. The minimum absolute atomic E-state index is 0.0654. The molecule has 2 aromatic carbocycles. The Morgan fingerprint density at radius 2 is 2.00 bits per heavy atom. The third-order valence-corrected chi connectivity index (χ3v) is 2.68. The Morgan fingerprint density at radius 3 is 2.76 bits per heavy atom. The molecule has 0 heterocycles. The number of hydrogen-bond donors (Lipinski definition) is 1. The van der Waals surface area contributed by atoms with E-state index in [4.69, 9.17) is 15.7 Å². The second kappa shape index (κ2) is 5.33. The molecule has 2 rings (SSSR count). The van der Waals surface area contributed by atoms with E-state index in [1.54, 1.807) is 0 Å². The fraction of sp³-hybridized carbons (Fsp3) is 0.214. The highest BCUT2D eigenvalue weighted by molar-refractivity contribution is 5.87. The van der Waals surface area contributed by atoms with Crippen LogP contribution < -0.4 is 10.5 Å². The van der Waals surface area contributed by atoms with Gasteiger partial charge in [-0.1, -0.05) is 30.3 Å². The van der Waals surface area contributed by atoms with Crippen molar-refractivity contribution in [3.05, 3.63) is 42.0 Å². The molecular formula is C14H14N2O. The molecule has 86 valence electrons. The molecule has 3 nitrogen and oxygen atoms in total. The Kier molecular flexibility index (Phi) is 3.59. The van der Waals surface area contributed by atoms with Crippen molar-refractivity contribution in [1.29, 1.82) is 5.26 Å². The minimum Gasteiger partial charge on any atom is -0.478 e. The van der Waals surface area contributed by atoms with E-state index in [0.717, 1.165) is 23.1 Å². The van der Waals surface area contributed by atoms with Gasteiger partial charge >= 0.3 is 0 Å². The summed E-state index contributed by atoms with van der Waals surface area (Å²) in [6.07, 6.45) is 0.752. The van der Waals surface area contributed by atoms with Crippen LogP contribution in [0.1, 0.15) is 5.56 Å². The van der Waals surface area contributed by atoms with Gasteiger partial charge in [-0.2, -0.15) is 5.26 Å². The summed E-state index contributed by atoms with van der Waals surface area (Å²) in [6.45, 7) is 0.632. The van der Waals surface area contributed by atoms with Gasteiger partial charge < -0.3 is 10.5 Å². The Hall–Kier alpha value is -2.05. The fourth-order valence-corrected chi connectivity index (χ4v) is 1.96. The number of nitriles is 1. The van der Waals surface area contributed by atoms with Crippen LogP contribution in [0.5, 0.6) is 5.75 Å². The highest BCUT2D eigenvalue weighted by Crippen LogP contribution is 2.28. The monoisotopic (exact) mass is 226 g/mol. The number of nitrogens with zero attached hydrogens (tertiary/aromatic N) is 1. The zero-order valence-electron chi connectivity index (χ0n) is 9.52. The molecule has 0 aliphatic rings. The maximum absolute atomic E-state index is 8.56. The van der Waals surface area contributed by atoms with Crippen LogP contribution >= 0.6 is 0 Å². The molecule has 0 bridgehead atoms. The van der Waals surface area contributed by atoms with E-state index >= 15 is 0 Å². The molecule has 0 aromatic heterocycles. The highest BCUT2D eigenvalue weighted by Gasteiger charge is 2.07. The van der Waals surface area contributed by atoms with Crippen LogP contribution in [0, 0.1) is 11.3 Å². The Bertz CT molecular complexity index is 558. The molecule has 2 aromatic rings. The summed E-state index contributed by atoms with van der Waals surface area (Å²) in [5, 5.41) is 10.9. The smallest absolute Gasteiger partial charge is 0.174 e. The number of nitrogens with two attached hydrogens (primary N) is 1. The molecule has 3 heteroatoms. The second-order valence-corrected chi connectivity index (χ2v) is 3.75. The molecule has 2 N–H and O–H groups in total. The first kappa shape index (κ1) is 11.4. The fourth-order valence-electron chi connectivity index (χ4n) is 1.96. The van der Waals surface area contributed by atoms with Crippen molar-refractivity contribution in [3.63, 3.8) is 0 Å². The number of ether oxygens (including phenoxy) is 1. The maximum Gasteiger partial charge on any atom is 0.174 e. The highest BCUT2D eigenvalue weighted by atomic mass is 16.5. The lowest BCUT2D eigenvalue weighted by molar-refractivity contribution is 0.365. The minimum atomic E-state index is 0.0654. The van der Waals surface area contributed by atoms with Gasteiger partial charge in [0.1, 0.15) is 11.8 Å². The van der Waals surface area contributed by atoms with Crippen molar-refractivity contribution in [3.8, 4) is 11.8 Å².